The molecule has 0 radical (unpaired) electrons. The van der Waals surface area contributed by atoms with Crippen molar-refractivity contribution in [3.05, 3.63) is 31.4 Å². The Morgan fingerprint density at radius 2 is 1.89 bits per heavy atom. The average molecular weight is 424 g/mol. The van der Waals surface area contributed by atoms with Crippen LogP contribution in [0.5, 0.6) is 0 Å². The van der Waals surface area contributed by atoms with Gasteiger partial charge in [0, 0.05) is 6.07 Å². The number of nitrogens with zero attached hydrogens (tertiary/aromatic N) is 2. The van der Waals surface area contributed by atoms with Gasteiger partial charge in [-0.15, -0.1) is 11.3 Å². The summed E-state index contributed by atoms with van der Waals surface area (Å²) in [7, 11) is -3.80. The van der Waals surface area contributed by atoms with Crippen LogP contribution in [-0.4, -0.2) is 18.4 Å². The van der Waals surface area contributed by atoms with E-state index in [2.05, 4.69) is 30.6 Å². The highest BCUT2D eigenvalue weighted by molar-refractivity contribution is 9.11. The van der Waals surface area contributed by atoms with Gasteiger partial charge in [0.15, 0.2) is 0 Å². The number of rotatable bonds is 3. The molecule has 0 fully saturated rings. The molecule has 0 saturated heterocycles. The summed E-state index contributed by atoms with van der Waals surface area (Å²) in [5.74, 6) is -0.0226. The lowest BCUT2D eigenvalue weighted by Crippen LogP contribution is -2.12. The molecule has 5 nitrogen and oxygen atoms in total. The number of anilines is 1. The van der Waals surface area contributed by atoms with Crippen LogP contribution in [0, 0.1) is 0 Å². The van der Waals surface area contributed by atoms with Crippen molar-refractivity contribution < 1.29 is 8.42 Å². The van der Waals surface area contributed by atoms with Crippen LogP contribution in [-0.2, 0) is 10.0 Å². The maximum atomic E-state index is 12.1. The Bertz CT molecular complexity index is 695. The van der Waals surface area contributed by atoms with E-state index in [9.17, 15) is 8.42 Å². The van der Waals surface area contributed by atoms with Crippen molar-refractivity contribution in [2.75, 3.05) is 4.72 Å². The van der Waals surface area contributed by atoms with Crippen LogP contribution in [0.15, 0.2) is 20.1 Å². The fraction of sp³-hybridized carbons (Fsp3) is 0. The molecule has 0 aliphatic rings. The van der Waals surface area contributed by atoms with Crippen molar-refractivity contribution in [1.29, 1.82) is 0 Å². The molecule has 0 aliphatic carbocycles. The molecule has 0 aliphatic heterocycles. The Balaban J connectivity index is 2.36. The fourth-order valence-electron chi connectivity index (χ4n) is 1.09. The first kappa shape index (κ1) is 15.3. The number of hydrogen-bond acceptors (Lipinski definition) is 5. The maximum Gasteiger partial charge on any atom is 0.272 e. The third kappa shape index (κ3) is 3.71. The van der Waals surface area contributed by atoms with E-state index in [1.807, 2.05) is 0 Å². The van der Waals surface area contributed by atoms with Crippen LogP contribution < -0.4 is 4.72 Å². The Morgan fingerprint density at radius 3 is 2.42 bits per heavy atom. The highest BCUT2D eigenvalue weighted by atomic mass is 79.9. The van der Waals surface area contributed by atoms with Gasteiger partial charge in [0.25, 0.3) is 10.0 Å². The van der Waals surface area contributed by atoms with Gasteiger partial charge in [0.05, 0.1) is 8.81 Å². The number of sulfonamides is 1. The first-order valence-electron chi connectivity index (χ1n) is 4.45. The molecule has 0 amide bonds. The minimum Gasteiger partial charge on any atom is -0.262 e. The van der Waals surface area contributed by atoms with Gasteiger partial charge in [-0.3, -0.25) is 4.72 Å². The molecule has 2 heterocycles. The van der Waals surface area contributed by atoms with Gasteiger partial charge in [0.2, 0.25) is 5.28 Å². The van der Waals surface area contributed by atoms with Gasteiger partial charge in [0.1, 0.15) is 15.2 Å². The zero-order valence-corrected chi connectivity index (χ0v) is 14.2. The summed E-state index contributed by atoms with van der Waals surface area (Å²) in [6, 6.07) is 2.57. The zero-order chi connectivity index (χ0) is 14.2. The number of thiophene rings is 1. The molecule has 0 atom stereocenters. The second kappa shape index (κ2) is 5.71. The van der Waals surface area contributed by atoms with Crippen molar-refractivity contribution in [3.8, 4) is 0 Å². The molecule has 0 bridgehead atoms. The quantitative estimate of drug-likeness (QED) is 0.597. The Labute approximate surface area is 136 Å². The molecule has 0 aromatic carbocycles. The smallest absolute Gasteiger partial charge is 0.262 e. The van der Waals surface area contributed by atoms with Gasteiger partial charge < -0.3 is 0 Å². The van der Waals surface area contributed by atoms with E-state index < -0.39 is 10.0 Å². The summed E-state index contributed by atoms with van der Waals surface area (Å²) < 4.78 is 26.9. The van der Waals surface area contributed by atoms with Crippen LogP contribution in [0.25, 0.3) is 0 Å². The monoisotopic (exact) mass is 421 g/mol. The predicted octanol–water partition coefficient (Wildman–Crippen LogP) is 4.06. The third-order valence-electron chi connectivity index (χ3n) is 1.79. The van der Waals surface area contributed by atoms with Crippen molar-refractivity contribution >= 4 is 77.9 Å². The number of nitrogens with one attached hydrogen (secondary N) is 1. The minimum absolute atomic E-state index is 0.0226. The van der Waals surface area contributed by atoms with E-state index in [1.54, 1.807) is 0 Å². The summed E-state index contributed by atoms with van der Waals surface area (Å²) >= 11 is 21.2. The molecule has 11 heteroatoms. The first-order valence-corrected chi connectivity index (χ1v) is 8.68. The van der Waals surface area contributed by atoms with Crippen LogP contribution in [0.3, 0.4) is 0 Å². The van der Waals surface area contributed by atoms with Crippen LogP contribution in [0.1, 0.15) is 0 Å². The normalized spacial score (nSPS) is 11.6. The minimum atomic E-state index is -3.80. The molecule has 0 spiro atoms. The first-order chi connectivity index (χ1) is 8.78. The molecule has 19 heavy (non-hydrogen) atoms. The molecule has 102 valence electrons. The van der Waals surface area contributed by atoms with Gasteiger partial charge in [-0.05, 0) is 33.6 Å². The van der Waals surface area contributed by atoms with E-state index in [1.165, 1.54) is 12.1 Å². The lowest BCUT2D eigenvalue weighted by atomic mass is 10.6. The summed E-state index contributed by atoms with van der Waals surface area (Å²) in [5.41, 5.74) is 0. The molecule has 0 unspecified atom stereocenters. The maximum absolute atomic E-state index is 12.1. The molecule has 2 rings (SSSR count). The number of aromatic nitrogens is 2. The van der Waals surface area contributed by atoms with E-state index in [0.717, 1.165) is 11.3 Å². The standard InChI is InChI=1S/C8H3BrCl3N3O2S2/c9-7-3(10)1-6(18-7)19(16,17)15-5-2-4(11)13-8(12)14-5/h1-2H,(H,13,14,15). The summed E-state index contributed by atoms with van der Waals surface area (Å²) in [4.78, 5) is 7.33. The van der Waals surface area contributed by atoms with Gasteiger partial charge in [-0.2, -0.15) is 4.98 Å². The van der Waals surface area contributed by atoms with Gasteiger partial charge in [-0.25, -0.2) is 13.4 Å². The second-order valence-electron chi connectivity index (χ2n) is 3.14. The number of halogens is 4. The van der Waals surface area contributed by atoms with Crippen molar-refractivity contribution in [3.63, 3.8) is 0 Å². The van der Waals surface area contributed by atoms with Crippen LogP contribution in [0.4, 0.5) is 5.82 Å². The second-order valence-corrected chi connectivity index (χ2v) is 8.55. The van der Waals surface area contributed by atoms with Crippen LogP contribution in [0.2, 0.25) is 15.5 Å². The van der Waals surface area contributed by atoms with Crippen molar-refractivity contribution in [1.82, 2.24) is 9.97 Å². The van der Waals surface area contributed by atoms with Crippen molar-refractivity contribution in [2.45, 2.75) is 4.21 Å². The highest BCUT2D eigenvalue weighted by Gasteiger charge is 2.20. The molecular formula is C8H3BrCl3N3O2S2. The highest BCUT2D eigenvalue weighted by Crippen LogP contribution is 2.35. The predicted molar refractivity (Wildman–Crippen MR) is 79.9 cm³/mol. The zero-order valence-electron chi connectivity index (χ0n) is 8.69. The molecule has 0 saturated carbocycles. The van der Waals surface area contributed by atoms with Gasteiger partial charge in [-0.1, -0.05) is 23.2 Å². The summed E-state index contributed by atoms with van der Waals surface area (Å²) in [5, 5.41) is 0.183. The molecular weight excluding hydrogens is 421 g/mol. The topological polar surface area (TPSA) is 72.0 Å². The fourth-order valence-corrected chi connectivity index (χ4v) is 4.89. The van der Waals surface area contributed by atoms with E-state index >= 15 is 0 Å². The summed E-state index contributed by atoms with van der Waals surface area (Å²) in [6.07, 6.45) is 0. The average Bonchev–Trinajstić information content (AvgIpc) is 2.57. The largest absolute Gasteiger partial charge is 0.272 e. The van der Waals surface area contributed by atoms with E-state index in [4.69, 9.17) is 34.8 Å². The Hall–Kier alpha value is -0.120. The lowest BCUT2D eigenvalue weighted by molar-refractivity contribution is 0.603. The number of hydrogen-bond donors (Lipinski definition) is 1. The van der Waals surface area contributed by atoms with Crippen LogP contribution >= 0.6 is 62.1 Å². The molecule has 1 N–H and O–H groups in total. The van der Waals surface area contributed by atoms with E-state index in [-0.39, 0.29) is 20.5 Å². The van der Waals surface area contributed by atoms with Gasteiger partial charge >= 0.3 is 0 Å². The SMILES string of the molecule is O=S(=O)(Nc1cc(Cl)nc(Cl)n1)c1cc(Cl)c(Br)s1. The molecule has 2 aromatic heterocycles. The molecule has 2 aromatic rings. The third-order valence-corrected chi connectivity index (χ3v) is 6.46. The summed E-state index contributed by atoms with van der Waals surface area (Å²) in [6.45, 7) is 0. The van der Waals surface area contributed by atoms with E-state index in [0.29, 0.717) is 8.81 Å². The Morgan fingerprint density at radius 1 is 1.21 bits per heavy atom. The van der Waals surface area contributed by atoms with Crippen molar-refractivity contribution in [2.24, 2.45) is 0 Å². The Kier molecular flexibility index (Phi) is 4.59. The lowest BCUT2D eigenvalue weighted by Gasteiger charge is -2.05.